The summed E-state index contributed by atoms with van der Waals surface area (Å²) in [6.45, 7) is 1.54. The molecule has 1 aliphatic heterocycles. The fraction of sp³-hybridized carbons (Fsp3) is 0.318. The van der Waals surface area contributed by atoms with Gasteiger partial charge in [-0.3, -0.25) is 4.79 Å². The van der Waals surface area contributed by atoms with E-state index in [1.807, 2.05) is 18.2 Å². The number of hydrogen-bond donors (Lipinski definition) is 0. The summed E-state index contributed by atoms with van der Waals surface area (Å²) in [5.74, 6) is 2.88. The van der Waals surface area contributed by atoms with Crippen molar-refractivity contribution in [2.75, 3.05) is 41.6 Å². The third-order valence-corrected chi connectivity index (χ3v) is 4.51. The molecule has 2 aromatic rings. The van der Waals surface area contributed by atoms with Crippen LogP contribution in [0.4, 0.5) is 0 Å². The van der Waals surface area contributed by atoms with Crippen LogP contribution in [0.25, 0.3) is 6.08 Å². The topological polar surface area (TPSA) is 66.5 Å². The first kappa shape index (κ1) is 20.4. The third-order valence-electron chi connectivity index (χ3n) is 4.51. The van der Waals surface area contributed by atoms with Crippen LogP contribution in [0.5, 0.6) is 28.7 Å². The lowest BCUT2D eigenvalue weighted by molar-refractivity contribution is -0.125. The molecule has 0 aliphatic carbocycles. The van der Waals surface area contributed by atoms with Gasteiger partial charge < -0.3 is 28.6 Å². The van der Waals surface area contributed by atoms with Crippen molar-refractivity contribution in [3.8, 4) is 28.7 Å². The van der Waals surface area contributed by atoms with Gasteiger partial charge in [-0.05, 0) is 41.5 Å². The molecular weight excluding hydrogens is 374 g/mol. The number of likely N-dealkylation sites (N-methyl/N-ethyl adjacent to an activating group) is 1. The van der Waals surface area contributed by atoms with Gasteiger partial charge in [-0.25, -0.2) is 0 Å². The van der Waals surface area contributed by atoms with Crippen LogP contribution in [-0.4, -0.2) is 52.4 Å². The van der Waals surface area contributed by atoms with E-state index in [-0.39, 0.29) is 5.91 Å². The van der Waals surface area contributed by atoms with Crippen molar-refractivity contribution in [1.82, 2.24) is 4.90 Å². The Morgan fingerprint density at radius 3 is 2.28 bits per heavy atom. The van der Waals surface area contributed by atoms with Gasteiger partial charge in [-0.2, -0.15) is 0 Å². The molecule has 0 radical (unpaired) electrons. The molecule has 1 amide bonds. The van der Waals surface area contributed by atoms with Gasteiger partial charge in [0.15, 0.2) is 23.0 Å². The van der Waals surface area contributed by atoms with Crippen molar-refractivity contribution < 1.29 is 28.5 Å². The van der Waals surface area contributed by atoms with Crippen molar-refractivity contribution in [3.63, 3.8) is 0 Å². The van der Waals surface area contributed by atoms with Crippen LogP contribution in [0, 0.1) is 0 Å². The SMILES string of the molecule is COc1cc(/C=C/C(=O)N(C)Cc2ccc3c(c2)OCCO3)cc(OC)c1OC. The number of benzene rings is 2. The molecule has 0 saturated carbocycles. The van der Waals surface area contributed by atoms with Gasteiger partial charge in [0, 0.05) is 19.7 Å². The molecule has 1 aliphatic rings. The molecule has 2 aromatic carbocycles. The van der Waals surface area contributed by atoms with E-state index in [1.165, 1.54) is 6.08 Å². The summed E-state index contributed by atoms with van der Waals surface area (Å²) < 4.78 is 27.1. The molecule has 0 bridgehead atoms. The standard InChI is InChI=1S/C22H25NO6/c1-23(14-16-5-7-17-18(13-16)29-10-9-28-17)21(24)8-6-15-11-19(25-2)22(27-4)20(12-15)26-3/h5-8,11-13H,9-10,14H2,1-4H3/b8-6+. The maximum Gasteiger partial charge on any atom is 0.246 e. The molecule has 0 aromatic heterocycles. The molecule has 1 heterocycles. The van der Waals surface area contributed by atoms with Crippen LogP contribution in [-0.2, 0) is 11.3 Å². The zero-order chi connectivity index (χ0) is 20.8. The summed E-state index contributed by atoms with van der Waals surface area (Å²) in [5, 5.41) is 0. The van der Waals surface area contributed by atoms with Crippen LogP contribution in [0.1, 0.15) is 11.1 Å². The first-order valence-electron chi connectivity index (χ1n) is 9.17. The third kappa shape index (κ3) is 4.74. The van der Waals surface area contributed by atoms with Crippen LogP contribution < -0.4 is 23.7 Å². The minimum atomic E-state index is -0.131. The molecule has 0 unspecified atom stereocenters. The lowest BCUT2D eigenvalue weighted by Crippen LogP contribution is -2.24. The first-order valence-corrected chi connectivity index (χ1v) is 9.17. The van der Waals surface area contributed by atoms with E-state index in [1.54, 1.807) is 51.5 Å². The van der Waals surface area contributed by atoms with Crippen LogP contribution in [0.2, 0.25) is 0 Å². The first-order chi connectivity index (χ1) is 14.0. The quantitative estimate of drug-likeness (QED) is 0.667. The van der Waals surface area contributed by atoms with Crippen molar-refractivity contribution in [3.05, 3.63) is 47.5 Å². The van der Waals surface area contributed by atoms with E-state index in [2.05, 4.69) is 0 Å². The van der Waals surface area contributed by atoms with Crippen LogP contribution in [0.15, 0.2) is 36.4 Å². The van der Waals surface area contributed by atoms with E-state index >= 15 is 0 Å². The number of nitrogens with zero attached hydrogens (tertiary/aromatic N) is 1. The van der Waals surface area contributed by atoms with Crippen molar-refractivity contribution in [2.45, 2.75) is 6.54 Å². The zero-order valence-corrected chi connectivity index (χ0v) is 17.1. The van der Waals surface area contributed by atoms with E-state index in [0.29, 0.717) is 42.8 Å². The fourth-order valence-electron chi connectivity index (χ4n) is 3.03. The Balaban J connectivity index is 1.70. The second-order valence-electron chi connectivity index (χ2n) is 6.46. The summed E-state index contributed by atoms with van der Waals surface area (Å²) in [7, 11) is 6.40. The van der Waals surface area contributed by atoms with Gasteiger partial charge in [-0.1, -0.05) is 6.07 Å². The highest BCUT2D eigenvalue weighted by molar-refractivity contribution is 5.91. The Labute approximate surface area is 170 Å². The number of carbonyl (C=O) groups excluding carboxylic acids is 1. The predicted molar refractivity (Wildman–Crippen MR) is 109 cm³/mol. The lowest BCUT2D eigenvalue weighted by Gasteiger charge is -2.20. The molecule has 0 N–H and O–H groups in total. The van der Waals surface area contributed by atoms with Gasteiger partial charge in [0.2, 0.25) is 11.7 Å². The number of fused-ring (bicyclic) bond motifs is 1. The number of methoxy groups -OCH3 is 3. The summed E-state index contributed by atoms with van der Waals surface area (Å²) >= 11 is 0. The van der Waals surface area contributed by atoms with E-state index in [4.69, 9.17) is 23.7 Å². The molecule has 7 heteroatoms. The Morgan fingerprint density at radius 1 is 1.00 bits per heavy atom. The van der Waals surface area contributed by atoms with E-state index < -0.39 is 0 Å². The molecule has 154 valence electrons. The number of rotatable bonds is 7. The number of carbonyl (C=O) groups is 1. The Kier molecular flexibility index (Phi) is 6.49. The second kappa shape index (κ2) is 9.23. The van der Waals surface area contributed by atoms with Crippen LogP contribution in [0.3, 0.4) is 0 Å². The minimum absolute atomic E-state index is 0.131. The smallest absolute Gasteiger partial charge is 0.246 e. The summed E-state index contributed by atoms with van der Waals surface area (Å²) in [6, 6.07) is 9.27. The fourth-order valence-corrected chi connectivity index (χ4v) is 3.03. The highest BCUT2D eigenvalue weighted by Crippen LogP contribution is 2.38. The number of hydrogen-bond acceptors (Lipinski definition) is 6. The largest absolute Gasteiger partial charge is 0.493 e. The second-order valence-corrected chi connectivity index (χ2v) is 6.46. The highest BCUT2D eigenvalue weighted by atomic mass is 16.6. The Bertz CT molecular complexity index is 883. The Morgan fingerprint density at radius 2 is 1.66 bits per heavy atom. The predicted octanol–water partition coefficient (Wildman–Crippen LogP) is 3.16. The number of ether oxygens (including phenoxy) is 5. The monoisotopic (exact) mass is 399 g/mol. The van der Waals surface area contributed by atoms with Crippen molar-refractivity contribution in [1.29, 1.82) is 0 Å². The minimum Gasteiger partial charge on any atom is -0.493 e. The average Bonchev–Trinajstić information content (AvgIpc) is 2.76. The van der Waals surface area contributed by atoms with Crippen molar-refractivity contribution in [2.24, 2.45) is 0 Å². The van der Waals surface area contributed by atoms with Gasteiger partial charge in [-0.15, -0.1) is 0 Å². The lowest BCUT2D eigenvalue weighted by atomic mass is 10.1. The maximum atomic E-state index is 12.5. The molecule has 7 nitrogen and oxygen atoms in total. The van der Waals surface area contributed by atoms with Gasteiger partial charge >= 0.3 is 0 Å². The van der Waals surface area contributed by atoms with E-state index in [9.17, 15) is 4.79 Å². The van der Waals surface area contributed by atoms with Gasteiger partial charge in [0.25, 0.3) is 0 Å². The summed E-state index contributed by atoms with van der Waals surface area (Å²) in [5.41, 5.74) is 1.73. The molecule has 0 fully saturated rings. The van der Waals surface area contributed by atoms with Gasteiger partial charge in [0.05, 0.1) is 21.3 Å². The molecule has 0 saturated heterocycles. The molecule has 0 atom stereocenters. The molecular formula is C22H25NO6. The van der Waals surface area contributed by atoms with Gasteiger partial charge in [0.1, 0.15) is 13.2 Å². The van der Waals surface area contributed by atoms with E-state index in [0.717, 1.165) is 16.9 Å². The number of amides is 1. The Hall–Kier alpha value is -3.35. The maximum absolute atomic E-state index is 12.5. The highest BCUT2D eigenvalue weighted by Gasteiger charge is 2.14. The summed E-state index contributed by atoms with van der Waals surface area (Å²) in [4.78, 5) is 14.2. The van der Waals surface area contributed by atoms with Crippen LogP contribution >= 0.6 is 0 Å². The normalized spacial score (nSPS) is 12.6. The summed E-state index contributed by atoms with van der Waals surface area (Å²) in [6.07, 6.45) is 3.23. The molecule has 3 rings (SSSR count). The molecule has 29 heavy (non-hydrogen) atoms. The molecule has 0 spiro atoms. The zero-order valence-electron chi connectivity index (χ0n) is 17.1. The average molecular weight is 399 g/mol. The van der Waals surface area contributed by atoms with Crippen molar-refractivity contribution >= 4 is 12.0 Å².